The lowest BCUT2D eigenvalue weighted by molar-refractivity contribution is -0.119. The molecule has 0 heterocycles. The lowest BCUT2D eigenvalue weighted by atomic mass is 9.87. The molecule has 0 bridgehead atoms. The SMILES string of the molecule is CC(C)(C)[C@@H](N)C(=O)Nc1ccccc1SCC(F)(F)F. The van der Waals surface area contributed by atoms with Gasteiger partial charge in [0.15, 0.2) is 0 Å². The van der Waals surface area contributed by atoms with E-state index in [0.717, 1.165) is 0 Å². The van der Waals surface area contributed by atoms with Gasteiger partial charge in [-0.25, -0.2) is 0 Å². The summed E-state index contributed by atoms with van der Waals surface area (Å²) in [5.74, 6) is -1.42. The van der Waals surface area contributed by atoms with Crippen LogP contribution in [0.1, 0.15) is 20.8 Å². The van der Waals surface area contributed by atoms with Crippen molar-refractivity contribution in [1.82, 2.24) is 0 Å². The van der Waals surface area contributed by atoms with E-state index < -0.39 is 29.3 Å². The van der Waals surface area contributed by atoms with Crippen molar-refractivity contribution in [2.75, 3.05) is 11.1 Å². The van der Waals surface area contributed by atoms with Crippen molar-refractivity contribution in [1.29, 1.82) is 0 Å². The third kappa shape index (κ3) is 5.97. The standard InChI is InChI=1S/C14H19F3N2OS/c1-13(2,3)11(18)12(20)19-9-6-4-5-7-10(9)21-8-14(15,16)17/h4-7,11H,8,18H2,1-3H3,(H,19,20)/t11-/m0/s1. The highest BCUT2D eigenvalue weighted by molar-refractivity contribution is 7.99. The predicted octanol–water partition coefficient (Wildman–Crippen LogP) is 3.65. The van der Waals surface area contributed by atoms with Crippen LogP contribution in [0.5, 0.6) is 0 Å². The minimum Gasteiger partial charge on any atom is -0.324 e. The Labute approximate surface area is 126 Å². The number of nitrogens with two attached hydrogens (primary N) is 1. The second-order valence-electron chi connectivity index (χ2n) is 5.73. The number of rotatable bonds is 4. The molecule has 0 spiro atoms. The Morgan fingerprint density at radius 1 is 1.29 bits per heavy atom. The maximum absolute atomic E-state index is 12.3. The fourth-order valence-corrected chi connectivity index (χ4v) is 2.23. The summed E-state index contributed by atoms with van der Waals surface area (Å²) in [4.78, 5) is 12.4. The number of amides is 1. The Hall–Kier alpha value is -1.21. The molecule has 118 valence electrons. The van der Waals surface area contributed by atoms with Crippen LogP contribution in [0.25, 0.3) is 0 Å². The average molecular weight is 320 g/mol. The molecule has 0 aromatic heterocycles. The topological polar surface area (TPSA) is 55.1 Å². The van der Waals surface area contributed by atoms with Crippen LogP contribution in [0.3, 0.4) is 0 Å². The van der Waals surface area contributed by atoms with E-state index in [1.807, 2.05) is 20.8 Å². The molecule has 1 aromatic carbocycles. The van der Waals surface area contributed by atoms with Gasteiger partial charge in [-0.3, -0.25) is 4.79 Å². The van der Waals surface area contributed by atoms with Gasteiger partial charge in [-0.05, 0) is 17.5 Å². The summed E-state index contributed by atoms with van der Waals surface area (Å²) >= 11 is 0.635. The van der Waals surface area contributed by atoms with E-state index in [1.54, 1.807) is 18.2 Å². The lowest BCUT2D eigenvalue weighted by Gasteiger charge is -2.26. The van der Waals surface area contributed by atoms with E-state index in [-0.39, 0.29) is 0 Å². The number of nitrogens with one attached hydrogen (secondary N) is 1. The van der Waals surface area contributed by atoms with Gasteiger partial charge < -0.3 is 11.1 Å². The molecule has 7 heteroatoms. The molecule has 1 atom stereocenters. The van der Waals surface area contributed by atoms with Crippen LogP contribution in [-0.4, -0.2) is 23.9 Å². The number of para-hydroxylation sites is 1. The smallest absolute Gasteiger partial charge is 0.324 e. The molecule has 3 N–H and O–H groups in total. The van der Waals surface area contributed by atoms with Gasteiger partial charge in [-0.2, -0.15) is 13.2 Å². The van der Waals surface area contributed by atoms with E-state index >= 15 is 0 Å². The lowest BCUT2D eigenvalue weighted by Crippen LogP contribution is -2.45. The maximum atomic E-state index is 12.3. The second-order valence-corrected chi connectivity index (χ2v) is 6.75. The first-order valence-corrected chi connectivity index (χ1v) is 7.34. The number of benzene rings is 1. The first-order chi connectivity index (χ1) is 9.50. The van der Waals surface area contributed by atoms with Gasteiger partial charge in [0.25, 0.3) is 0 Å². The summed E-state index contributed by atoms with van der Waals surface area (Å²) in [6.07, 6.45) is -4.26. The minimum atomic E-state index is -4.26. The van der Waals surface area contributed by atoms with Gasteiger partial charge in [0.1, 0.15) is 0 Å². The van der Waals surface area contributed by atoms with Crippen LogP contribution in [0.15, 0.2) is 29.2 Å². The summed E-state index contributed by atoms with van der Waals surface area (Å²) in [6, 6.07) is 5.62. The Kier molecular flexibility index (Phi) is 5.69. The summed E-state index contributed by atoms with van der Waals surface area (Å²) in [5, 5.41) is 2.60. The molecule has 0 radical (unpaired) electrons. The largest absolute Gasteiger partial charge is 0.398 e. The second kappa shape index (κ2) is 6.70. The van der Waals surface area contributed by atoms with Crippen LogP contribution in [0.4, 0.5) is 18.9 Å². The normalized spacial score (nSPS) is 13.9. The molecule has 3 nitrogen and oxygen atoms in total. The van der Waals surface area contributed by atoms with Crippen molar-refractivity contribution in [2.45, 2.75) is 37.9 Å². The number of alkyl halides is 3. The van der Waals surface area contributed by atoms with Crippen LogP contribution in [0, 0.1) is 5.41 Å². The number of hydrogen-bond acceptors (Lipinski definition) is 3. The molecule has 0 unspecified atom stereocenters. The number of hydrogen-bond donors (Lipinski definition) is 2. The molecule has 1 rings (SSSR count). The molecular formula is C14H19F3N2OS. The molecule has 0 saturated carbocycles. The first-order valence-electron chi connectivity index (χ1n) is 6.36. The highest BCUT2D eigenvalue weighted by Gasteiger charge is 2.29. The molecule has 0 aliphatic carbocycles. The van der Waals surface area contributed by atoms with Crippen LogP contribution in [-0.2, 0) is 4.79 Å². The molecule has 21 heavy (non-hydrogen) atoms. The predicted molar refractivity (Wildman–Crippen MR) is 79.3 cm³/mol. The fraction of sp³-hybridized carbons (Fsp3) is 0.500. The minimum absolute atomic E-state index is 0.344. The molecular weight excluding hydrogens is 301 g/mol. The van der Waals surface area contributed by atoms with Crippen molar-refractivity contribution >= 4 is 23.4 Å². The number of carbonyl (C=O) groups is 1. The highest BCUT2D eigenvalue weighted by Crippen LogP contribution is 2.32. The Morgan fingerprint density at radius 3 is 2.38 bits per heavy atom. The molecule has 1 amide bonds. The monoisotopic (exact) mass is 320 g/mol. The first kappa shape index (κ1) is 17.8. The van der Waals surface area contributed by atoms with Gasteiger partial charge in [-0.1, -0.05) is 32.9 Å². The van der Waals surface area contributed by atoms with Crippen molar-refractivity contribution in [3.05, 3.63) is 24.3 Å². The van der Waals surface area contributed by atoms with Gasteiger partial charge >= 0.3 is 6.18 Å². The van der Waals surface area contributed by atoms with Crippen LogP contribution < -0.4 is 11.1 Å². The number of halogens is 3. The van der Waals surface area contributed by atoms with Gasteiger partial charge in [0.05, 0.1) is 17.5 Å². The third-order valence-electron chi connectivity index (χ3n) is 2.75. The van der Waals surface area contributed by atoms with E-state index in [2.05, 4.69) is 5.32 Å². The Balaban J connectivity index is 2.82. The molecule has 0 saturated heterocycles. The summed E-state index contributed by atoms with van der Waals surface area (Å²) in [7, 11) is 0. The van der Waals surface area contributed by atoms with Crippen LogP contribution in [0.2, 0.25) is 0 Å². The zero-order valence-electron chi connectivity index (χ0n) is 12.1. The van der Waals surface area contributed by atoms with Crippen molar-refractivity contribution in [2.24, 2.45) is 11.1 Å². The molecule has 1 aromatic rings. The van der Waals surface area contributed by atoms with E-state index in [0.29, 0.717) is 22.3 Å². The van der Waals surface area contributed by atoms with Crippen molar-refractivity contribution in [3.63, 3.8) is 0 Å². The van der Waals surface area contributed by atoms with E-state index in [9.17, 15) is 18.0 Å². The summed E-state index contributed by atoms with van der Waals surface area (Å²) in [5.41, 5.74) is 5.75. The number of anilines is 1. The van der Waals surface area contributed by atoms with Crippen molar-refractivity contribution in [3.8, 4) is 0 Å². The summed E-state index contributed by atoms with van der Waals surface area (Å²) < 4.78 is 36.9. The number of carbonyl (C=O) groups excluding carboxylic acids is 1. The zero-order chi connectivity index (χ0) is 16.3. The van der Waals surface area contributed by atoms with Gasteiger partial charge in [0.2, 0.25) is 5.91 Å². The molecule has 0 aliphatic rings. The quantitative estimate of drug-likeness (QED) is 0.833. The van der Waals surface area contributed by atoms with Crippen molar-refractivity contribution < 1.29 is 18.0 Å². The van der Waals surface area contributed by atoms with Gasteiger partial charge in [-0.15, -0.1) is 11.8 Å². The van der Waals surface area contributed by atoms with Gasteiger partial charge in [0, 0.05) is 4.90 Å². The van der Waals surface area contributed by atoms with E-state index in [4.69, 9.17) is 5.73 Å². The Morgan fingerprint density at radius 2 is 1.86 bits per heavy atom. The van der Waals surface area contributed by atoms with Crippen LogP contribution >= 0.6 is 11.8 Å². The zero-order valence-corrected chi connectivity index (χ0v) is 12.9. The Bertz CT molecular complexity index is 498. The molecule has 0 aliphatic heterocycles. The fourth-order valence-electron chi connectivity index (χ4n) is 1.46. The maximum Gasteiger partial charge on any atom is 0.398 e. The average Bonchev–Trinajstić information content (AvgIpc) is 2.34. The highest BCUT2D eigenvalue weighted by atomic mass is 32.2. The summed E-state index contributed by atoms with van der Waals surface area (Å²) in [6.45, 7) is 5.46. The van der Waals surface area contributed by atoms with E-state index in [1.165, 1.54) is 6.07 Å². The number of thioether (sulfide) groups is 1. The molecule has 0 fully saturated rings. The third-order valence-corrected chi connectivity index (χ3v) is 3.89.